The predicted octanol–water partition coefficient (Wildman–Crippen LogP) is 3.68. The van der Waals surface area contributed by atoms with Gasteiger partial charge in [-0.2, -0.15) is 0 Å². The fourth-order valence-corrected chi connectivity index (χ4v) is 2.54. The van der Waals surface area contributed by atoms with Crippen LogP contribution in [0.2, 0.25) is 5.02 Å². The highest BCUT2D eigenvalue weighted by atomic mass is 35.5. The van der Waals surface area contributed by atoms with E-state index in [4.69, 9.17) is 11.6 Å². The van der Waals surface area contributed by atoms with Crippen LogP contribution in [0.4, 0.5) is 0 Å². The maximum absolute atomic E-state index is 12.3. The molecule has 0 aromatic heterocycles. The molecule has 116 valence electrons. The Hall–Kier alpha value is -1.84. The van der Waals surface area contributed by atoms with E-state index in [0.717, 1.165) is 0 Å². The van der Waals surface area contributed by atoms with Gasteiger partial charge in [-0.05, 0) is 38.7 Å². The summed E-state index contributed by atoms with van der Waals surface area (Å²) >= 11 is 6.06. The minimum Gasteiger partial charge on any atom is -0.350 e. The van der Waals surface area contributed by atoms with Gasteiger partial charge in [-0.15, -0.1) is 0 Å². The number of carbonyl (C=O) groups excluding carboxylic acids is 1. The van der Waals surface area contributed by atoms with Gasteiger partial charge in [-0.1, -0.05) is 53.6 Å². The number of nitrogens with zero attached hydrogens (tertiary/aromatic N) is 1. The Morgan fingerprint density at radius 3 is 2.36 bits per heavy atom. The molecule has 4 heteroatoms. The van der Waals surface area contributed by atoms with E-state index in [9.17, 15) is 4.79 Å². The van der Waals surface area contributed by atoms with E-state index in [1.54, 1.807) is 12.1 Å². The number of rotatable bonds is 5. The maximum Gasteiger partial charge on any atom is 0.252 e. The minimum atomic E-state index is -0.149. The molecule has 3 nitrogen and oxygen atoms in total. The molecular formula is C18H21ClN2O. The van der Waals surface area contributed by atoms with Crippen molar-refractivity contribution in [3.63, 3.8) is 0 Å². The van der Waals surface area contributed by atoms with Gasteiger partial charge < -0.3 is 10.2 Å². The first-order valence-corrected chi connectivity index (χ1v) is 7.62. The van der Waals surface area contributed by atoms with E-state index >= 15 is 0 Å². The Bertz CT molecular complexity index is 638. The summed E-state index contributed by atoms with van der Waals surface area (Å²) in [5.41, 5.74) is 2.90. The smallest absolute Gasteiger partial charge is 0.252 e. The Morgan fingerprint density at radius 2 is 1.77 bits per heavy atom. The molecule has 0 aliphatic rings. The topological polar surface area (TPSA) is 32.3 Å². The third-order valence-electron chi connectivity index (χ3n) is 3.66. The van der Waals surface area contributed by atoms with Crippen molar-refractivity contribution in [2.45, 2.75) is 13.0 Å². The summed E-state index contributed by atoms with van der Waals surface area (Å²) in [6, 6.07) is 15.6. The SMILES string of the molecule is Cc1ccc(C(CNC(=O)c2ccccc2Cl)N(C)C)cc1. The summed E-state index contributed by atoms with van der Waals surface area (Å²) in [6.07, 6.45) is 0. The molecule has 1 amide bonds. The summed E-state index contributed by atoms with van der Waals surface area (Å²) in [5.74, 6) is -0.149. The molecule has 0 spiro atoms. The highest BCUT2D eigenvalue weighted by Crippen LogP contribution is 2.19. The molecule has 1 unspecified atom stereocenters. The molecule has 2 aromatic rings. The molecule has 0 heterocycles. The monoisotopic (exact) mass is 316 g/mol. The average Bonchev–Trinajstić information content (AvgIpc) is 2.49. The first kappa shape index (κ1) is 16.5. The second kappa shape index (κ2) is 7.43. The highest BCUT2D eigenvalue weighted by molar-refractivity contribution is 6.33. The van der Waals surface area contributed by atoms with E-state index in [-0.39, 0.29) is 11.9 Å². The van der Waals surface area contributed by atoms with Crippen LogP contribution >= 0.6 is 11.6 Å². The average molecular weight is 317 g/mol. The van der Waals surface area contributed by atoms with Crippen molar-refractivity contribution in [3.8, 4) is 0 Å². The second-order valence-electron chi connectivity index (χ2n) is 5.58. The number of benzene rings is 2. The first-order chi connectivity index (χ1) is 10.5. The molecule has 2 rings (SSSR count). The van der Waals surface area contributed by atoms with Gasteiger partial charge in [0.25, 0.3) is 5.91 Å². The summed E-state index contributed by atoms with van der Waals surface area (Å²) in [7, 11) is 4.01. The Labute approximate surface area is 136 Å². The molecule has 1 atom stereocenters. The lowest BCUT2D eigenvalue weighted by molar-refractivity contribution is 0.0942. The van der Waals surface area contributed by atoms with Crippen molar-refractivity contribution in [3.05, 3.63) is 70.2 Å². The van der Waals surface area contributed by atoms with Crippen LogP contribution in [0.25, 0.3) is 0 Å². The zero-order valence-corrected chi connectivity index (χ0v) is 13.9. The number of hydrogen-bond donors (Lipinski definition) is 1. The quantitative estimate of drug-likeness (QED) is 0.912. The van der Waals surface area contributed by atoms with E-state index in [1.807, 2.05) is 26.2 Å². The van der Waals surface area contributed by atoms with Crippen molar-refractivity contribution < 1.29 is 4.79 Å². The van der Waals surface area contributed by atoms with Gasteiger partial charge >= 0.3 is 0 Å². The van der Waals surface area contributed by atoms with Gasteiger partial charge in [0.2, 0.25) is 0 Å². The maximum atomic E-state index is 12.3. The van der Waals surface area contributed by atoms with Crippen LogP contribution in [0.5, 0.6) is 0 Å². The normalized spacial score (nSPS) is 12.2. The van der Waals surface area contributed by atoms with Crippen LogP contribution in [-0.2, 0) is 0 Å². The molecule has 1 N–H and O–H groups in total. The number of halogens is 1. The van der Waals surface area contributed by atoms with Crippen LogP contribution in [0.3, 0.4) is 0 Å². The van der Waals surface area contributed by atoms with Gasteiger partial charge in [0.1, 0.15) is 0 Å². The molecule has 0 fully saturated rings. The fraction of sp³-hybridized carbons (Fsp3) is 0.278. The van der Waals surface area contributed by atoms with Crippen LogP contribution < -0.4 is 5.32 Å². The Kier molecular flexibility index (Phi) is 5.58. The number of amides is 1. The van der Waals surface area contributed by atoms with E-state index in [1.165, 1.54) is 11.1 Å². The molecule has 0 aliphatic carbocycles. The van der Waals surface area contributed by atoms with Crippen LogP contribution in [0.15, 0.2) is 48.5 Å². The molecule has 0 saturated heterocycles. The number of likely N-dealkylation sites (N-methyl/N-ethyl adjacent to an activating group) is 1. The van der Waals surface area contributed by atoms with Gasteiger partial charge in [-0.25, -0.2) is 0 Å². The predicted molar refractivity (Wildman–Crippen MR) is 91.4 cm³/mol. The molecule has 0 saturated carbocycles. The number of nitrogens with one attached hydrogen (secondary N) is 1. The van der Waals surface area contributed by atoms with Crippen LogP contribution in [0, 0.1) is 6.92 Å². The van der Waals surface area contributed by atoms with Crippen molar-refractivity contribution >= 4 is 17.5 Å². The van der Waals surface area contributed by atoms with Crippen LogP contribution in [0.1, 0.15) is 27.5 Å². The third kappa shape index (κ3) is 4.09. The molecule has 0 bridgehead atoms. The fourth-order valence-electron chi connectivity index (χ4n) is 2.32. The minimum absolute atomic E-state index is 0.118. The zero-order chi connectivity index (χ0) is 16.1. The molecule has 0 aliphatic heterocycles. The van der Waals surface area contributed by atoms with Gasteiger partial charge in [-0.3, -0.25) is 4.79 Å². The molecule has 2 aromatic carbocycles. The van der Waals surface area contributed by atoms with Gasteiger partial charge in [0.05, 0.1) is 16.6 Å². The number of hydrogen-bond acceptors (Lipinski definition) is 2. The third-order valence-corrected chi connectivity index (χ3v) is 3.99. The zero-order valence-electron chi connectivity index (χ0n) is 13.1. The summed E-state index contributed by atoms with van der Waals surface area (Å²) in [5, 5.41) is 3.44. The van der Waals surface area contributed by atoms with E-state index in [2.05, 4.69) is 41.4 Å². The lowest BCUT2D eigenvalue weighted by Gasteiger charge is -2.25. The van der Waals surface area contributed by atoms with Gasteiger partial charge in [0.15, 0.2) is 0 Å². The number of aryl methyl sites for hydroxylation is 1. The van der Waals surface area contributed by atoms with Crippen molar-refractivity contribution in [1.29, 1.82) is 0 Å². The van der Waals surface area contributed by atoms with E-state index < -0.39 is 0 Å². The highest BCUT2D eigenvalue weighted by Gasteiger charge is 2.16. The Morgan fingerprint density at radius 1 is 1.14 bits per heavy atom. The van der Waals surface area contributed by atoms with Crippen molar-refractivity contribution in [1.82, 2.24) is 10.2 Å². The molecule has 0 radical (unpaired) electrons. The summed E-state index contributed by atoms with van der Waals surface area (Å²) < 4.78 is 0. The first-order valence-electron chi connectivity index (χ1n) is 7.24. The van der Waals surface area contributed by atoms with Crippen molar-refractivity contribution in [2.24, 2.45) is 0 Å². The summed E-state index contributed by atoms with van der Waals surface area (Å²) in [4.78, 5) is 14.4. The lowest BCUT2D eigenvalue weighted by atomic mass is 10.0. The molecular weight excluding hydrogens is 296 g/mol. The van der Waals surface area contributed by atoms with E-state index in [0.29, 0.717) is 17.1 Å². The largest absolute Gasteiger partial charge is 0.350 e. The second-order valence-corrected chi connectivity index (χ2v) is 5.99. The number of carbonyl (C=O) groups is 1. The van der Waals surface area contributed by atoms with Gasteiger partial charge in [0, 0.05) is 6.54 Å². The standard InChI is InChI=1S/C18H21ClN2O/c1-13-8-10-14(11-9-13)17(21(2)3)12-20-18(22)15-6-4-5-7-16(15)19/h4-11,17H,12H2,1-3H3,(H,20,22). The van der Waals surface area contributed by atoms with Crippen molar-refractivity contribution in [2.75, 3.05) is 20.6 Å². The van der Waals surface area contributed by atoms with Crippen LogP contribution in [-0.4, -0.2) is 31.4 Å². The Balaban J connectivity index is 2.08. The molecule has 22 heavy (non-hydrogen) atoms. The summed E-state index contributed by atoms with van der Waals surface area (Å²) in [6.45, 7) is 2.59. The lowest BCUT2D eigenvalue weighted by Crippen LogP contribution is -2.34.